The zero-order valence-electron chi connectivity index (χ0n) is 20.9. The predicted molar refractivity (Wildman–Crippen MR) is 135 cm³/mol. The fraction of sp³-hybridized carbons (Fsp3) is 0.484. The highest BCUT2D eigenvalue weighted by Gasteiger charge is 2.31. The zero-order valence-corrected chi connectivity index (χ0v) is 20.9. The van der Waals surface area contributed by atoms with Crippen molar-refractivity contribution in [2.75, 3.05) is 0 Å². The minimum Gasteiger partial charge on any atom is -0.208 e. The van der Waals surface area contributed by atoms with Gasteiger partial charge in [0.15, 0.2) is 17.5 Å². The van der Waals surface area contributed by atoms with Crippen LogP contribution < -0.4 is 0 Å². The summed E-state index contributed by atoms with van der Waals surface area (Å²) in [5.41, 5.74) is 3.10. The highest BCUT2D eigenvalue weighted by Crippen LogP contribution is 2.43. The molecule has 2 aliphatic carbocycles. The van der Waals surface area contributed by atoms with Crippen molar-refractivity contribution in [3.63, 3.8) is 0 Å². The van der Waals surface area contributed by atoms with Gasteiger partial charge < -0.3 is 0 Å². The molecule has 2 aromatic carbocycles. The Morgan fingerprint density at radius 1 is 0.800 bits per heavy atom. The smallest absolute Gasteiger partial charge is 0.166 e. The number of rotatable bonds is 8. The highest BCUT2D eigenvalue weighted by atomic mass is 19.2. The Kier molecular flexibility index (Phi) is 8.51. The Bertz CT molecular complexity index is 1070. The average molecular weight is 485 g/mol. The Morgan fingerprint density at radius 3 is 2.17 bits per heavy atom. The van der Waals surface area contributed by atoms with Crippen LogP contribution in [0.3, 0.4) is 0 Å². The van der Waals surface area contributed by atoms with E-state index in [0.717, 1.165) is 50.5 Å². The maximum absolute atomic E-state index is 14.9. The number of halogens is 4. The van der Waals surface area contributed by atoms with Gasteiger partial charge in [-0.3, -0.25) is 0 Å². The molecule has 0 aliphatic heterocycles. The van der Waals surface area contributed by atoms with Crippen molar-refractivity contribution in [1.82, 2.24) is 0 Å². The Labute approximate surface area is 207 Å². The standard InChI is InChI=1S/C31H36F4/c1-3-5-24-16-18-26(30(34)28(24)32)23-13-8-21(9-14-23)10-15-25-17-19-27(31(35)29(25)33)22-11-6-20(4-2)7-12-22/h6-7,11-12,17-19,21,23-24H,3-5,8-10,13-16H2,1-2H3. The van der Waals surface area contributed by atoms with Crippen LogP contribution in [0.5, 0.6) is 0 Å². The first kappa shape index (κ1) is 25.7. The molecule has 0 amide bonds. The molecule has 1 saturated carbocycles. The first-order chi connectivity index (χ1) is 16.9. The molecule has 4 rings (SSSR count). The third kappa shape index (κ3) is 5.73. The number of benzene rings is 2. The van der Waals surface area contributed by atoms with Crippen molar-refractivity contribution in [2.24, 2.45) is 17.8 Å². The first-order valence-electron chi connectivity index (χ1n) is 13.2. The second kappa shape index (κ2) is 11.6. The number of aryl methyl sites for hydroxylation is 2. The quantitative estimate of drug-likeness (QED) is 0.327. The van der Waals surface area contributed by atoms with Gasteiger partial charge in [0.25, 0.3) is 0 Å². The van der Waals surface area contributed by atoms with E-state index in [-0.39, 0.29) is 11.8 Å². The molecule has 0 radical (unpaired) electrons. The molecular weight excluding hydrogens is 448 g/mol. The van der Waals surface area contributed by atoms with Crippen LogP contribution in [-0.2, 0) is 12.8 Å². The molecule has 0 bridgehead atoms. The van der Waals surface area contributed by atoms with Crippen LogP contribution >= 0.6 is 0 Å². The van der Waals surface area contributed by atoms with Gasteiger partial charge in [0.1, 0.15) is 5.83 Å². The fourth-order valence-corrected chi connectivity index (χ4v) is 5.77. The van der Waals surface area contributed by atoms with Crippen molar-refractivity contribution in [3.8, 4) is 11.1 Å². The van der Waals surface area contributed by atoms with Crippen LogP contribution in [-0.4, -0.2) is 0 Å². The van der Waals surface area contributed by atoms with E-state index in [4.69, 9.17) is 0 Å². The summed E-state index contributed by atoms with van der Waals surface area (Å²) in [4.78, 5) is 0. The molecule has 35 heavy (non-hydrogen) atoms. The third-order valence-electron chi connectivity index (χ3n) is 8.02. The summed E-state index contributed by atoms with van der Waals surface area (Å²) in [6, 6.07) is 10.9. The molecule has 2 aliphatic rings. The lowest BCUT2D eigenvalue weighted by Gasteiger charge is -2.32. The summed E-state index contributed by atoms with van der Waals surface area (Å²) >= 11 is 0. The monoisotopic (exact) mass is 484 g/mol. The largest absolute Gasteiger partial charge is 0.208 e. The molecule has 2 aromatic rings. The SMILES string of the molecule is CCCC1CC=C(C2CCC(CCc3ccc(-c4ccc(CC)cc4)c(F)c3F)CC2)C(F)=C1F. The van der Waals surface area contributed by atoms with Crippen LogP contribution in [0.15, 0.2) is 59.7 Å². The van der Waals surface area contributed by atoms with Gasteiger partial charge >= 0.3 is 0 Å². The lowest BCUT2D eigenvalue weighted by molar-refractivity contribution is 0.279. The third-order valence-corrected chi connectivity index (χ3v) is 8.02. The van der Waals surface area contributed by atoms with E-state index in [0.29, 0.717) is 47.4 Å². The summed E-state index contributed by atoms with van der Waals surface area (Å²) in [5.74, 6) is -2.58. The summed E-state index contributed by atoms with van der Waals surface area (Å²) in [6.45, 7) is 4.05. The topological polar surface area (TPSA) is 0 Å². The van der Waals surface area contributed by atoms with Crippen molar-refractivity contribution in [3.05, 3.63) is 82.5 Å². The van der Waals surface area contributed by atoms with E-state index in [1.807, 2.05) is 37.3 Å². The molecule has 0 aromatic heterocycles. The van der Waals surface area contributed by atoms with Crippen LogP contribution in [0.4, 0.5) is 17.6 Å². The van der Waals surface area contributed by atoms with E-state index >= 15 is 0 Å². The lowest BCUT2D eigenvalue weighted by atomic mass is 9.74. The molecule has 0 nitrogen and oxygen atoms in total. The van der Waals surface area contributed by atoms with Gasteiger partial charge in [-0.1, -0.05) is 62.7 Å². The summed E-state index contributed by atoms with van der Waals surface area (Å²) < 4.78 is 58.9. The Morgan fingerprint density at radius 2 is 1.51 bits per heavy atom. The summed E-state index contributed by atoms with van der Waals surface area (Å²) in [5, 5.41) is 0. The second-order valence-corrected chi connectivity index (χ2v) is 10.2. The molecule has 188 valence electrons. The van der Waals surface area contributed by atoms with E-state index in [1.54, 1.807) is 12.1 Å². The van der Waals surface area contributed by atoms with E-state index in [9.17, 15) is 17.6 Å². The Balaban J connectivity index is 1.33. The average Bonchev–Trinajstić information content (AvgIpc) is 2.88. The molecule has 1 fully saturated rings. The molecule has 1 unspecified atom stereocenters. The maximum Gasteiger partial charge on any atom is 0.166 e. The van der Waals surface area contributed by atoms with Gasteiger partial charge in [0.05, 0.1) is 0 Å². The first-order valence-corrected chi connectivity index (χ1v) is 13.2. The predicted octanol–water partition coefficient (Wildman–Crippen LogP) is 9.83. The summed E-state index contributed by atoms with van der Waals surface area (Å²) in [7, 11) is 0. The number of hydrogen-bond acceptors (Lipinski definition) is 0. The van der Waals surface area contributed by atoms with E-state index in [2.05, 4.69) is 6.92 Å². The van der Waals surface area contributed by atoms with Gasteiger partial charge in [-0.2, -0.15) is 0 Å². The summed E-state index contributed by atoms with van der Waals surface area (Å²) in [6.07, 6.45) is 9.64. The number of allylic oxidation sites excluding steroid dienone is 4. The van der Waals surface area contributed by atoms with Gasteiger partial charge in [-0.05, 0) is 91.9 Å². The normalized spacial score (nSPS) is 22.9. The minimum atomic E-state index is -0.787. The number of hydrogen-bond donors (Lipinski definition) is 0. The van der Waals surface area contributed by atoms with Crippen LogP contribution in [0, 0.1) is 29.4 Å². The maximum atomic E-state index is 14.9. The van der Waals surface area contributed by atoms with Crippen LogP contribution in [0.2, 0.25) is 0 Å². The highest BCUT2D eigenvalue weighted by molar-refractivity contribution is 5.65. The molecule has 0 N–H and O–H groups in total. The van der Waals surface area contributed by atoms with Gasteiger partial charge in [-0.15, -0.1) is 0 Å². The van der Waals surface area contributed by atoms with Crippen molar-refractivity contribution in [2.45, 2.75) is 78.1 Å². The zero-order chi connectivity index (χ0) is 24.9. The van der Waals surface area contributed by atoms with Crippen LogP contribution in [0.1, 0.15) is 76.3 Å². The minimum absolute atomic E-state index is 0.0622. The van der Waals surface area contributed by atoms with Crippen molar-refractivity contribution in [1.29, 1.82) is 0 Å². The van der Waals surface area contributed by atoms with E-state index < -0.39 is 23.3 Å². The fourth-order valence-electron chi connectivity index (χ4n) is 5.77. The molecule has 0 saturated heterocycles. The van der Waals surface area contributed by atoms with Gasteiger partial charge in [-0.25, -0.2) is 17.6 Å². The van der Waals surface area contributed by atoms with Crippen molar-refractivity contribution < 1.29 is 17.6 Å². The molecule has 0 spiro atoms. The van der Waals surface area contributed by atoms with Gasteiger partial charge in [0, 0.05) is 11.5 Å². The van der Waals surface area contributed by atoms with Crippen molar-refractivity contribution >= 4 is 0 Å². The molecular formula is C31H36F4. The molecule has 0 heterocycles. The Hall–Kier alpha value is -2.36. The van der Waals surface area contributed by atoms with E-state index in [1.165, 1.54) is 0 Å². The lowest BCUT2D eigenvalue weighted by Crippen LogP contribution is -2.20. The van der Waals surface area contributed by atoms with Gasteiger partial charge in [0.2, 0.25) is 0 Å². The van der Waals surface area contributed by atoms with Crippen LogP contribution in [0.25, 0.3) is 11.1 Å². The molecule has 4 heteroatoms. The second-order valence-electron chi connectivity index (χ2n) is 10.2. The molecule has 1 atom stereocenters.